The van der Waals surface area contributed by atoms with E-state index in [1.54, 1.807) is 31.6 Å². The van der Waals surface area contributed by atoms with E-state index >= 15 is 0 Å². The maximum absolute atomic E-state index is 11.4. The van der Waals surface area contributed by atoms with Crippen LogP contribution in [0.4, 0.5) is 16.3 Å². The number of amides is 1. The van der Waals surface area contributed by atoms with E-state index in [0.29, 0.717) is 18.1 Å². The van der Waals surface area contributed by atoms with Crippen LogP contribution in [0.15, 0.2) is 6.20 Å². The molecule has 0 aliphatic carbocycles. The summed E-state index contributed by atoms with van der Waals surface area (Å²) >= 11 is 0. The Bertz CT molecular complexity index is 379. The van der Waals surface area contributed by atoms with E-state index in [4.69, 9.17) is 10.5 Å². The maximum atomic E-state index is 11.4. The third-order valence-electron chi connectivity index (χ3n) is 1.73. The number of hydrogen-bond acceptors (Lipinski definition) is 4. The van der Waals surface area contributed by atoms with Crippen molar-refractivity contribution >= 4 is 17.6 Å². The van der Waals surface area contributed by atoms with Crippen molar-refractivity contribution in [1.82, 2.24) is 9.78 Å². The second-order valence-electron chi connectivity index (χ2n) is 4.42. The maximum Gasteiger partial charge on any atom is 0.413 e. The number of aromatic nitrogens is 2. The van der Waals surface area contributed by atoms with E-state index in [0.717, 1.165) is 0 Å². The normalized spacial score (nSPS) is 11.2. The first-order valence-corrected chi connectivity index (χ1v) is 5.14. The number of anilines is 2. The lowest BCUT2D eigenvalue weighted by Crippen LogP contribution is -2.27. The fraction of sp³-hybridized carbons (Fsp3) is 0.600. The minimum absolute atomic E-state index is 0.330. The van der Waals surface area contributed by atoms with Crippen LogP contribution in [0.2, 0.25) is 0 Å². The van der Waals surface area contributed by atoms with Crippen molar-refractivity contribution in [3.8, 4) is 0 Å². The van der Waals surface area contributed by atoms with Crippen molar-refractivity contribution in [2.24, 2.45) is 0 Å². The Hall–Kier alpha value is -1.72. The van der Waals surface area contributed by atoms with Crippen molar-refractivity contribution in [3.63, 3.8) is 0 Å². The summed E-state index contributed by atoms with van der Waals surface area (Å²) in [5, 5.41) is 6.58. The Labute approximate surface area is 94.8 Å². The molecule has 3 N–H and O–H groups in total. The zero-order valence-corrected chi connectivity index (χ0v) is 10.1. The number of nitrogens with two attached hydrogens (primary N) is 1. The van der Waals surface area contributed by atoms with Crippen LogP contribution in [-0.4, -0.2) is 21.5 Å². The second kappa shape index (κ2) is 4.42. The summed E-state index contributed by atoms with van der Waals surface area (Å²) in [7, 11) is 0. The molecule has 1 aromatic rings. The van der Waals surface area contributed by atoms with Gasteiger partial charge in [-0.15, -0.1) is 0 Å². The van der Waals surface area contributed by atoms with Crippen molar-refractivity contribution in [1.29, 1.82) is 0 Å². The van der Waals surface area contributed by atoms with Gasteiger partial charge in [-0.05, 0) is 27.7 Å². The van der Waals surface area contributed by atoms with Crippen LogP contribution in [0, 0.1) is 0 Å². The SMILES string of the molecule is CCn1cc(N)c(NC(=O)OC(C)(C)C)n1. The molecular weight excluding hydrogens is 208 g/mol. The number of nitrogens with one attached hydrogen (secondary N) is 1. The van der Waals surface area contributed by atoms with Crippen molar-refractivity contribution < 1.29 is 9.53 Å². The topological polar surface area (TPSA) is 82.2 Å². The first-order chi connectivity index (χ1) is 7.31. The quantitative estimate of drug-likeness (QED) is 0.806. The van der Waals surface area contributed by atoms with Crippen LogP contribution in [0.1, 0.15) is 27.7 Å². The molecular formula is C10H18N4O2. The van der Waals surface area contributed by atoms with Crippen LogP contribution >= 0.6 is 0 Å². The molecule has 1 heterocycles. The largest absolute Gasteiger partial charge is 0.444 e. The molecule has 6 nitrogen and oxygen atoms in total. The monoisotopic (exact) mass is 226 g/mol. The van der Waals surface area contributed by atoms with Gasteiger partial charge in [-0.3, -0.25) is 10.00 Å². The summed E-state index contributed by atoms with van der Waals surface area (Å²) in [6.45, 7) is 8.01. The Morgan fingerprint density at radius 1 is 1.62 bits per heavy atom. The van der Waals surface area contributed by atoms with Crippen molar-refractivity contribution in [2.75, 3.05) is 11.1 Å². The van der Waals surface area contributed by atoms with Crippen LogP contribution in [0.3, 0.4) is 0 Å². The van der Waals surface area contributed by atoms with Gasteiger partial charge in [0.1, 0.15) is 5.60 Å². The Morgan fingerprint density at radius 2 is 2.25 bits per heavy atom. The van der Waals surface area contributed by atoms with E-state index < -0.39 is 11.7 Å². The number of nitrogens with zero attached hydrogens (tertiary/aromatic N) is 2. The van der Waals surface area contributed by atoms with E-state index in [-0.39, 0.29) is 0 Å². The standard InChI is InChI=1S/C10H18N4O2/c1-5-14-6-7(11)8(13-14)12-9(15)16-10(2,3)4/h6H,5,11H2,1-4H3,(H,12,13,15). The summed E-state index contributed by atoms with van der Waals surface area (Å²) in [4.78, 5) is 11.4. The molecule has 6 heteroatoms. The average Bonchev–Trinajstić information content (AvgIpc) is 2.44. The van der Waals surface area contributed by atoms with Gasteiger partial charge in [0, 0.05) is 6.54 Å². The molecule has 90 valence electrons. The van der Waals surface area contributed by atoms with E-state index in [2.05, 4.69) is 10.4 Å². The molecule has 0 saturated carbocycles. The number of rotatable bonds is 2. The van der Waals surface area contributed by atoms with Gasteiger partial charge in [0.25, 0.3) is 0 Å². The Balaban J connectivity index is 2.66. The molecule has 0 aliphatic heterocycles. The van der Waals surface area contributed by atoms with E-state index in [9.17, 15) is 4.79 Å². The van der Waals surface area contributed by atoms with Crippen molar-refractivity contribution in [2.45, 2.75) is 39.8 Å². The summed E-state index contributed by atoms with van der Waals surface area (Å²) in [5.74, 6) is 0.330. The third kappa shape index (κ3) is 3.45. The van der Waals surface area contributed by atoms with Gasteiger partial charge in [-0.2, -0.15) is 5.10 Å². The lowest BCUT2D eigenvalue weighted by molar-refractivity contribution is 0.0635. The number of nitrogen functional groups attached to an aromatic ring is 1. The van der Waals surface area contributed by atoms with Crippen LogP contribution in [-0.2, 0) is 11.3 Å². The van der Waals surface area contributed by atoms with Gasteiger partial charge in [-0.25, -0.2) is 4.79 Å². The predicted molar refractivity (Wildman–Crippen MR) is 62.2 cm³/mol. The highest BCUT2D eigenvalue weighted by Crippen LogP contribution is 2.16. The summed E-state index contributed by atoms with van der Waals surface area (Å²) in [5.41, 5.74) is 5.56. The lowest BCUT2D eigenvalue weighted by atomic mass is 10.2. The zero-order chi connectivity index (χ0) is 12.3. The molecule has 0 aliphatic rings. The fourth-order valence-corrected chi connectivity index (χ4v) is 1.10. The number of carbonyl (C=O) groups is 1. The molecule has 0 radical (unpaired) electrons. The Morgan fingerprint density at radius 3 is 2.69 bits per heavy atom. The molecule has 1 rings (SSSR count). The smallest absolute Gasteiger partial charge is 0.413 e. The van der Waals surface area contributed by atoms with Gasteiger partial charge in [0.2, 0.25) is 0 Å². The summed E-state index contributed by atoms with van der Waals surface area (Å²) < 4.78 is 6.73. The van der Waals surface area contributed by atoms with Gasteiger partial charge in [0.15, 0.2) is 5.82 Å². The van der Waals surface area contributed by atoms with Crippen LogP contribution in [0.25, 0.3) is 0 Å². The molecule has 0 bridgehead atoms. The molecule has 16 heavy (non-hydrogen) atoms. The number of carbonyl (C=O) groups excluding carboxylic acids is 1. The molecule has 0 atom stereocenters. The summed E-state index contributed by atoms with van der Waals surface area (Å²) in [6.07, 6.45) is 1.10. The zero-order valence-electron chi connectivity index (χ0n) is 10.1. The van der Waals surface area contributed by atoms with Gasteiger partial charge < -0.3 is 10.5 Å². The molecule has 0 aromatic carbocycles. The summed E-state index contributed by atoms with van der Waals surface area (Å²) in [6, 6.07) is 0. The first-order valence-electron chi connectivity index (χ1n) is 5.14. The van der Waals surface area contributed by atoms with Crippen molar-refractivity contribution in [3.05, 3.63) is 6.20 Å². The molecule has 0 spiro atoms. The number of ether oxygens (including phenoxy) is 1. The number of aryl methyl sites for hydroxylation is 1. The van der Waals surface area contributed by atoms with Crippen LogP contribution < -0.4 is 11.1 Å². The third-order valence-corrected chi connectivity index (χ3v) is 1.73. The average molecular weight is 226 g/mol. The van der Waals surface area contributed by atoms with Gasteiger partial charge >= 0.3 is 6.09 Å². The van der Waals surface area contributed by atoms with E-state index in [1.807, 2.05) is 6.92 Å². The minimum atomic E-state index is -0.555. The molecule has 0 unspecified atom stereocenters. The first kappa shape index (κ1) is 12.4. The van der Waals surface area contributed by atoms with Gasteiger partial charge in [-0.1, -0.05) is 0 Å². The molecule has 0 fully saturated rings. The molecule has 1 amide bonds. The highest BCUT2D eigenvalue weighted by atomic mass is 16.6. The molecule has 1 aromatic heterocycles. The van der Waals surface area contributed by atoms with Gasteiger partial charge in [0.05, 0.1) is 11.9 Å². The second-order valence-corrected chi connectivity index (χ2v) is 4.42. The number of hydrogen-bond donors (Lipinski definition) is 2. The Kier molecular flexibility index (Phi) is 3.41. The predicted octanol–water partition coefficient (Wildman–Crippen LogP) is 1.83. The van der Waals surface area contributed by atoms with E-state index in [1.165, 1.54) is 0 Å². The highest BCUT2D eigenvalue weighted by Gasteiger charge is 2.18. The fourth-order valence-electron chi connectivity index (χ4n) is 1.10. The molecule has 0 saturated heterocycles. The minimum Gasteiger partial charge on any atom is -0.444 e. The lowest BCUT2D eigenvalue weighted by Gasteiger charge is -2.19. The van der Waals surface area contributed by atoms with Crippen LogP contribution in [0.5, 0.6) is 0 Å². The highest BCUT2D eigenvalue weighted by molar-refractivity contribution is 5.87.